The Balaban J connectivity index is 2.00. The Labute approximate surface area is 88.5 Å². The third-order valence-electron chi connectivity index (χ3n) is 2.40. The zero-order valence-electron chi connectivity index (χ0n) is 8.40. The second kappa shape index (κ2) is 4.71. The van der Waals surface area contributed by atoms with Crippen molar-refractivity contribution in [3.63, 3.8) is 0 Å². The number of hydrogen-bond donors (Lipinski definition) is 2. The van der Waals surface area contributed by atoms with E-state index in [0.717, 1.165) is 25.9 Å². The van der Waals surface area contributed by atoms with Gasteiger partial charge in [0.05, 0.1) is 0 Å². The van der Waals surface area contributed by atoms with Gasteiger partial charge in [0.25, 0.3) is 0 Å². The molecule has 2 rings (SSSR count). The van der Waals surface area contributed by atoms with Crippen LogP contribution in [0, 0.1) is 11.3 Å². The van der Waals surface area contributed by atoms with Gasteiger partial charge in [0.1, 0.15) is 11.8 Å². The second-order valence-corrected chi connectivity index (χ2v) is 3.56. The molecule has 0 bridgehead atoms. The third kappa shape index (κ3) is 2.64. The molecule has 1 aromatic heterocycles. The highest BCUT2D eigenvalue weighted by molar-refractivity contribution is 5.31. The minimum Gasteiger partial charge on any atom is -0.350 e. The fourth-order valence-corrected chi connectivity index (χ4v) is 1.65. The lowest BCUT2D eigenvalue weighted by atomic mass is 10.1. The molecule has 5 heteroatoms. The van der Waals surface area contributed by atoms with Crippen molar-refractivity contribution in [2.75, 3.05) is 18.4 Å². The van der Waals surface area contributed by atoms with Crippen molar-refractivity contribution in [1.82, 2.24) is 15.3 Å². The normalized spacial score (nSPS) is 20.6. The Morgan fingerprint density at radius 3 is 3.27 bits per heavy atom. The van der Waals surface area contributed by atoms with Crippen LogP contribution >= 0.6 is 0 Å². The number of aromatic nitrogens is 2. The average Bonchev–Trinajstić information content (AvgIpc) is 2.31. The SMILES string of the molecule is N#Cc1ccnc(NC2CCCNC2)n1. The number of piperidine rings is 1. The third-order valence-corrected chi connectivity index (χ3v) is 2.40. The summed E-state index contributed by atoms with van der Waals surface area (Å²) in [7, 11) is 0. The van der Waals surface area contributed by atoms with E-state index >= 15 is 0 Å². The number of hydrogen-bond acceptors (Lipinski definition) is 5. The number of nitrogens with zero attached hydrogens (tertiary/aromatic N) is 3. The topological polar surface area (TPSA) is 73.6 Å². The standard InChI is InChI=1S/C10H13N5/c11-6-8-3-5-13-10(14-8)15-9-2-1-4-12-7-9/h3,5,9,12H,1-2,4,7H2,(H,13,14,15). The highest BCUT2D eigenvalue weighted by atomic mass is 15.1. The predicted molar refractivity (Wildman–Crippen MR) is 56.3 cm³/mol. The van der Waals surface area contributed by atoms with Crippen molar-refractivity contribution in [2.45, 2.75) is 18.9 Å². The first-order chi connectivity index (χ1) is 7.38. The molecule has 1 fully saturated rings. The molecule has 0 aliphatic carbocycles. The van der Waals surface area contributed by atoms with Crippen LogP contribution in [0.2, 0.25) is 0 Å². The first-order valence-electron chi connectivity index (χ1n) is 5.09. The summed E-state index contributed by atoms with van der Waals surface area (Å²) in [4.78, 5) is 8.15. The summed E-state index contributed by atoms with van der Waals surface area (Å²) >= 11 is 0. The van der Waals surface area contributed by atoms with E-state index in [1.54, 1.807) is 12.3 Å². The molecule has 15 heavy (non-hydrogen) atoms. The molecule has 2 heterocycles. The van der Waals surface area contributed by atoms with E-state index in [1.165, 1.54) is 0 Å². The van der Waals surface area contributed by atoms with E-state index in [4.69, 9.17) is 5.26 Å². The largest absolute Gasteiger partial charge is 0.350 e. The Kier molecular flexibility index (Phi) is 3.10. The molecule has 0 amide bonds. The van der Waals surface area contributed by atoms with E-state index in [9.17, 15) is 0 Å². The monoisotopic (exact) mass is 203 g/mol. The minimum atomic E-state index is 0.368. The maximum Gasteiger partial charge on any atom is 0.224 e. The van der Waals surface area contributed by atoms with Crippen molar-refractivity contribution >= 4 is 5.95 Å². The number of rotatable bonds is 2. The Morgan fingerprint density at radius 2 is 2.53 bits per heavy atom. The summed E-state index contributed by atoms with van der Waals surface area (Å²) in [6.07, 6.45) is 3.88. The number of nitriles is 1. The van der Waals surface area contributed by atoms with E-state index in [0.29, 0.717) is 17.7 Å². The van der Waals surface area contributed by atoms with Gasteiger partial charge in [0, 0.05) is 18.8 Å². The lowest BCUT2D eigenvalue weighted by Crippen LogP contribution is -2.38. The molecule has 1 saturated heterocycles. The molecular weight excluding hydrogens is 190 g/mol. The molecule has 1 atom stereocenters. The van der Waals surface area contributed by atoms with Crippen molar-refractivity contribution in [3.8, 4) is 6.07 Å². The van der Waals surface area contributed by atoms with Gasteiger partial charge in [0.15, 0.2) is 0 Å². The summed E-state index contributed by atoms with van der Waals surface area (Å²) in [6.45, 7) is 2.01. The fourth-order valence-electron chi connectivity index (χ4n) is 1.65. The molecule has 1 unspecified atom stereocenters. The molecule has 1 aliphatic rings. The van der Waals surface area contributed by atoms with Crippen LogP contribution in [-0.2, 0) is 0 Å². The zero-order valence-corrected chi connectivity index (χ0v) is 8.40. The van der Waals surface area contributed by atoms with Crippen LogP contribution in [0.15, 0.2) is 12.3 Å². The van der Waals surface area contributed by atoms with E-state index < -0.39 is 0 Å². The molecule has 2 N–H and O–H groups in total. The van der Waals surface area contributed by atoms with Crippen LogP contribution in [0.3, 0.4) is 0 Å². The molecule has 0 radical (unpaired) electrons. The summed E-state index contributed by atoms with van der Waals surface area (Å²) in [5, 5.41) is 15.2. The van der Waals surface area contributed by atoms with Gasteiger partial charge < -0.3 is 10.6 Å². The molecule has 0 saturated carbocycles. The average molecular weight is 203 g/mol. The molecule has 78 valence electrons. The highest BCUT2D eigenvalue weighted by Gasteiger charge is 2.13. The summed E-state index contributed by atoms with van der Waals surface area (Å²) in [5.41, 5.74) is 0.399. The van der Waals surface area contributed by atoms with Crippen LogP contribution in [0.1, 0.15) is 18.5 Å². The van der Waals surface area contributed by atoms with Crippen LogP contribution in [-0.4, -0.2) is 29.1 Å². The Morgan fingerprint density at radius 1 is 1.60 bits per heavy atom. The first kappa shape index (κ1) is 9.87. The van der Waals surface area contributed by atoms with Crippen molar-refractivity contribution < 1.29 is 0 Å². The maximum atomic E-state index is 8.69. The van der Waals surface area contributed by atoms with Crippen molar-refractivity contribution in [2.24, 2.45) is 0 Å². The predicted octanol–water partition coefficient (Wildman–Crippen LogP) is 0.512. The van der Waals surface area contributed by atoms with Gasteiger partial charge in [-0.25, -0.2) is 9.97 Å². The van der Waals surface area contributed by atoms with Gasteiger partial charge in [-0.3, -0.25) is 0 Å². The summed E-state index contributed by atoms with van der Waals surface area (Å²) < 4.78 is 0. The number of anilines is 1. The van der Waals surface area contributed by atoms with Crippen LogP contribution in [0.25, 0.3) is 0 Å². The van der Waals surface area contributed by atoms with Crippen LogP contribution < -0.4 is 10.6 Å². The van der Waals surface area contributed by atoms with Gasteiger partial charge in [-0.05, 0) is 25.5 Å². The molecule has 0 aromatic carbocycles. The Hall–Kier alpha value is -1.67. The van der Waals surface area contributed by atoms with E-state index in [-0.39, 0.29) is 0 Å². The van der Waals surface area contributed by atoms with Crippen LogP contribution in [0.4, 0.5) is 5.95 Å². The van der Waals surface area contributed by atoms with Gasteiger partial charge in [-0.1, -0.05) is 0 Å². The molecule has 0 spiro atoms. The molecule has 5 nitrogen and oxygen atoms in total. The Bertz CT molecular complexity index is 364. The van der Waals surface area contributed by atoms with E-state index in [2.05, 4.69) is 20.6 Å². The van der Waals surface area contributed by atoms with Crippen molar-refractivity contribution in [1.29, 1.82) is 5.26 Å². The first-order valence-corrected chi connectivity index (χ1v) is 5.09. The highest BCUT2D eigenvalue weighted by Crippen LogP contribution is 2.07. The fraction of sp³-hybridized carbons (Fsp3) is 0.500. The van der Waals surface area contributed by atoms with Gasteiger partial charge in [-0.2, -0.15) is 5.26 Å². The molecular formula is C10H13N5. The summed E-state index contributed by atoms with van der Waals surface area (Å²) in [6, 6.07) is 3.97. The van der Waals surface area contributed by atoms with Gasteiger partial charge in [-0.15, -0.1) is 0 Å². The lowest BCUT2D eigenvalue weighted by Gasteiger charge is -2.23. The molecule has 1 aromatic rings. The van der Waals surface area contributed by atoms with Gasteiger partial charge in [0.2, 0.25) is 5.95 Å². The van der Waals surface area contributed by atoms with Gasteiger partial charge >= 0.3 is 0 Å². The number of nitrogens with one attached hydrogen (secondary N) is 2. The summed E-state index contributed by atoms with van der Waals surface area (Å²) in [5.74, 6) is 0.544. The maximum absolute atomic E-state index is 8.69. The van der Waals surface area contributed by atoms with Crippen molar-refractivity contribution in [3.05, 3.63) is 18.0 Å². The van der Waals surface area contributed by atoms with Crippen LogP contribution in [0.5, 0.6) is 0 Å². The quantitative estimate of drug-likeness (QED) is 0.732. The minimum absolute atomic E-state index is 0.368. The van der Waals surface area contributed by atoms with E-state index in [1.807, 2.05) is 6.07 Å². The second-order valence-electron chi connectivity index (χ2n) is 3.56. The zero-order chi connectivity index (χ0) is 10.5. The smallest absolute Gasteiger partial charge is 0.224 e. The molecule has 1 aliphatic heterocycles. The lowest BCUT2D eigenvalue weighted by molar-refractivity contribution is 0.478.